The Morgan fingerprint density at radius 3 is 2.81 bits per heavy atom. The first-order chi connectivity index (χ1) is 12.6. The molecule has 3 aromatic rings. The molecule has 1 heterocycles. The number of ketones is 1. The number of fused-ring (bicyclic) bond motifs is 1. The molecule has 0 fully saturated rings. The lowest BCUT2D eigenvalue weighted by molar-refractivity contribution is 0.0993. The van der Waals surface area contributed by atoms with E-state index in [4.69, 9.17) is 0 Å². The van der Waals surface area contributed by atoms with Gasteiger partial charge < -0.3 is 0 Å². The second kappa shape index (κ2) is 7.03. The van der Waals surface area contributed by atoms with Crippen LogP contribution in [0.4, 0.5) is 0 Å². The van der Waals surface area contributed by atoms with Gasteiger partial charge in [0.25, 0.3) is 0 Å². The number of tetrazole rings is 1. The van der Waals surface area contributed by atoms with Crippen LogP contribution in [-0.4, -0.2) is 31.2 Å². The molecule has 0 bridgehead atoms. The number of benzene rings is 2. The molecule has 0 N–H and O–H groups in total. The molecule has 1 atom stereocenters. The van der Waals surface area contributed by atoms with Gasteiger partial charge in [0.15, 0.2) is 5.78 Å². The van der Waals surface area contributed by atoms with Gasteiger partial charge in [0.1, 0.15) is 0 Å². The van der Waals surface area contributed by atoms with Crippen molar-refractivity contribution in [2.45, 2.75) is 43.5 Å². The standard InChI is InChI=1S/C20H20N4OS/c1-13-6-3-4-9-18(13)24-20(21-22-23-24)26-14(2)19(25)17-11-10-15-7-5-8-16(15)12-17/h3-4,6,9-12,14H,5,7-8H2,1-2H3/t14-/m1/s1. The van der Waals surface area contributed by atoms with Crippen LogP contribution in [0.2, 0.25) is 0 Å². The van der Waals surface area contributed by atoms with Crippen LogP contribution in [0.5, 0.6) is 0 Å². The molecule has 6 heteroatoms. The van der Waals surface area contributed by atoms with E-state index < -0.39 is 0 Å². The first kappa shape index (κ1) is 17.0. The highest BCUT2D eigenvalue weighted by Crippen LogP contribution is 2.28. The number of carbonyl (C=O) groups is 1. The zero-order valence-corrected chi connectivity index (χ0v) is 15.7. The Balaban J connectivity index is 1.56. The summed E-state index contributed by atoms with van der Waals surface area (Å²) in [6.07, 6.45) is 3.38. The third-order valence-corrected chi connectivity index (χ3v) is 5.85. The average Bonchev–Trinajstić information content (AvgIpc) is 3.30. The smallest absolute Gasteiger partial charge is 0.214 e. The van der Waals surface area contributed by atoms with Crippen molar-refractivity contribution >= 4 is 17.5 Å². The molecule has 26 heavy (non-hydrogen) atoms. The number of aryl methyl sites for hydroxylation is 3. The number of aromatic nitrogens is 4. The van der Waals surface area contributed by atoms with Crippen molar-refractivity contribution in [2.75, 3.05) is 0 Å². The first-order valence-electron chi connectivity index (χ1n) is 8.80. The Labute approximate surface area is 156 Å². The van der Waals surface area contributed by atoms with E-state index in [-0.39, 0.29) is 11.0 Å². The van der Waals surface area contributed by atoms with Crippen LogP contribution in [-0.2, 0) is 12.8 Å². The van der Waals surface area contributed by atoms with E-state index in [1.807, 2.05) is 44.2 Å². The van der Waals surface area contributed by atoms with Gasteiger partial charge >= 0.3 is 0 Å². The Bertz CT molecular complexity index is 966. The molecular formula is C20H20N4OS. The molecule has 0 saturated heterocycles. The van der Waals surface area contributed by atoms with E-state index >= 15 is 0 Å². The number of hydrogen-bond acceptors (Lipinski definition) is 5. The zero-order chi connectivity index (χ0) is 18.1. The number of rotatable bonds is 5. The molecule has 0 saturated carbocycles. The minimum atomic E-state index is -0.261. The maximum Gasteiger partial charge on any atom is 0.214 e. The summed E-state index contributed by atoms with van der Waals surface area (Å²) in [5, 5.41) is 12.4. The summed E-state index contributed by atoms with van der Waals surface area (Å²) in [7, 11) is 0. The lowest BCUT2D eigenvalue weighted by Gasteiger charge is -2.12. The van der Waals surface area contributed by atoms with E-state index in [9.17, 15) is 4.79 Å². The summed E-state index contributed by atoms with van der Waals surface area (Å²) in [6, 6.07) is 14.0. The van der Waals surface area contributed by atoms with Gasteiger partial charge in [0.05, 0.1) is 10.9 Å². The van der Waals surface area contributed by atoms with Crippen molar-refractivity contribution in [3.8, 4) is 5.69 Å². The highest BCUT2D eigenvalue weighted by Gasteiger charge is 2.22. The first-order valence-corrected chi connectivity index (χ1v) is 9.68. The number of para-hydroxylation sites is 1. The number of Topliss-reactive ketones (excluding diaryl/α,β-unsaturated/α-hetero) is 1. The molecule has 1 aliphatic rings. The lowest BCUT2D eigenvalue weighted by Crippen LogP contribution is -2.15. The second-order valence-electron chi connectivity index (χ2n) is 6.62. The SMILES string of the molecule is Cc1ccccc1-n1nnnc1S[C@H](C)C(=O)c1ccc2c(c1)CCC2. The fourth-order valence-electron chi connectivity index (χ4n) is 3.38. The van der Waals surface area contributed by atoms with Crippen LogP contribution < -0.4 is 0 Å². The van der Waals surface area contributed by atoms with E-state index in [0.717, 1.165) is 29.7 Å². The van der Waals surface area contributed by atoms with Gasteiger partial charge in [-0.05, 0) is 72.4 Å². The van der Waals surface area contributed by atoms with Gasteiger partial charge in [0.2, 0.25) is 5.16 Å². The molecule has 0 spiro atoms. The molecular weight excluding hydrogens is 344 g/mol. The van der Waals surface area contributed by atoms with Crippen molar-refractivity contribution < 1.29 is 4.79 Å². The minimum absolute atomic E-state index is 0.115. The fourth-order valence-corrected chi connectivity index (χ4v) is 4.25. The van der Waals surface area contributed by atoms with Crippen molar-refractivity contribution in [1.29, 1.82) is 0 Å². The quantitative estimate of drug-likeness (QED) is 0.509. The van der Waals surface area contributed by atoms with Gasteiger partial charge in [-0.1, -0.05) is 42.1 Å². The number of carbonyl (C=O) groups excluding carboxylic acids is 1. The summed E-state index contributed by atoms with van der Waals surface area (Å²) in [6.45, 7) is 3.93. The monoisotopic (exact) mass is 364 g/mol. The molecule has 1 aromatic heterocycles. The van der Waals surface area contributed by atoms with Gasteiger partial charge in [-0.3, -0.25) is 4.79 Å². The largest absolute Gasteiger partial charge is 0.293 e. The van der Waals surface area contributed by atoms with E-state index in [1.54, 1.807) is 4.68 Å². The second-order valence-corrected chi connectivity index (χ2v) is 7.93. The molecule has 0 amide bonds. The van der Waals surface area contributed by atoms with Crippen LogP contribution in [0.25, 0.3) is 5.69 Å². The Morgan fingerprint density at radius 1 is 1.15 bits per heavy atom. The van der Waals surface area contributed by atoms with Crippen molar-refractivity contribution in [3.05, 3.63) is 64.7 Å². The average molecular weight is 364 g/mol. The summed E-state index contributed by atoms with van der Waals surface area (Å²) < 4.78 is 1.70. The minimum Gasteiger partial charge on any atom is -0.293 e. The number of thioether (sulfide) groups is 1. The molecule has 132 valence electrons. The molecule has 2 aromatic carbocycles. The summed E-state index contributed by atoms with van der Waals surface area (Å²) in [5.74, 6) is 0.115. The molecule has 0 radical (unpaired) electrons. The van der Waals surface area contributed by atoms with Crippen LogP contribution in [0.3, 0.4) is 0 Å². The van der Waals surface area contributed by atoms with Crippen LogP contribution in [0.15, 0.2) is 47.6 Å². The fraction of sp³-hybridized carbons (Fsp3) is 0.300. The van der Waals surface area contributed by atoms with Gasteiger partial charge in [0, 0.05) is 5.56 Å². The molecule has 1 aliphatic carbocycles. The molecule has 0 aliphatic heterocycles. The number of nitrogens with zero attached hydrogens (tertiary/aromatic N) is 4. The Morgan fingerprint density at radius 2 is 1.96 bits per heavy atom. The van der Waals surface area contributed by atoms with Crippen LogP contribution in [0, 0.1) is 6.92 Å². The maximum atomic E-state index is 12.9. The van der Waals surface area contributed by atoms with E-state index in [2.05, 4.69) is 27.7 Å². The number of hydrogen-bond donors (Lipinski definition) is 0. The van der Waals surface area contributed by atoms with E-state index in [0.29, 0.717) is 5.16 Å². The van der Waals surface area contributed by atoms with Crippen molar-refractivity contribution in [3.63, 3.8) is 0 Å². The third kappa shape index (κ3) is 3.17. The molecule has 0 unspecified atom stereocenters. The highest BCUT2D eigenvalue weighted by molar-refractivity contribution is 8.00. The normalized spacial score (nSPS) is 14.2. The maximum absolute atomic E-state index is 12.9. The Kier molecular flexibility index (Phi) is 4.59. The van der Waals surface area contributed by atoms with Gasteiger partial charge in [-0.25, -0.2) is 0 Å². The van der Waals surface area contributed by atoms with Crippen LogP contribution >= 0.6 is 11.8 Å². The van der Waals surface area contributed by atoms with Gasteiger partial charge in [-0.2, -0.15) is 4.68 Å². The van der Waals surface area contributed by atoms with Crippen LogP contribution in [0.1, 0.15) is 40.4 Å². The molecule has 4 rings (SSSR count). The summed E-state index contributed by atoms with van der Waals surface area (Å²) >= 11 is 1.39. The lowest BCUT2D eigenvalue weighted by atomic mass is 10.0. The zero-order valence-electron chi connectivity index (χ0n) is 14.8. The predicted octanol–water partition coefficient (Wildman–Crippen LogP) is 3.82. The van der Waals surface area contributed by atoms with E-state index in [1.165, 1.54) is 29.3 Å². The predicted molar refractivity (Wildman–Crippen MR) is 102 cm³/mol. The topological polar surface area (TPSA) is 60.7 Å². The Hall–Kier alpha value is -2.47. The van der Waals surface area contributed by atoms with Crippen molar-refractivity contribution in [1.82, 2.24) is 20.2 Å². The van der Waals surface area contributed by atoms with Gasteiger partial charge in [-0.15, -0.1) is 5.10 Å². The molecule has 5 nitrogen and oxygen atoms in total. The highest BCUT2D eigenvalue weighted by atomic mass is 32.2. The van der Waals surface area contributed by atoms with Crippen molar-refractivity contribution in [2.24, 2.45) is 0 Å². The summed E-state index contributed by atoms with van der Waals surface area (Å²) in [4.78, 5) is 12.9. The summed E-state index contributed by atoms with van der Waals surface area (Å²) in [5.41, 5.74) is 5.49. The third-order valence-electron chi connectivity index (χ3n) is 4.82.